The van der Waals surface area contributed by atoms with Crippen molar-refractivity contribution in [1.82, 2.24) is 9.80 Å². The highest BCUT2D eigenvalue weighted by Crippen LogP contribution is 2.26. The maximum Gasteiger partial charge on any atom is 0.123 e. The Morgan fingerprint density at radius 3 is 2.65 bits per heavy atom. The fraction of sp³-hybridized carbons (Fsp3) is 0.700. The maximum absolute atomic E-state index is 9.60. The van der Waals surface area contributed by atoms with Gasteiger partial charge < -0.3 is 9.84 Å². The van der Waals surface area contributed by atoms with E-state index in [1.807, 2.05) is 13.0 Å². The van der Waals surface area contributed by atoms with Crippen molar-refractivity contribution in [3.8, 4) is 5.75 Å². The lowest BCUT2D eigenvalue weighted by Crippen LogP contribution is -2.56. The van der Waals surface area contributed by atoms with Gasteiger partial charge in [0, 0.05) is 73.4 Å². The number of aliphatic hydroxyl groups excluding tert-OH is 1. The van der Waals surface area contributed by atoms with Gasteiger partial charge in [0.25, 0.3) is 0 Å². The molecule has 0 aliphatic carbocycles. The summed E-state index contributed by atoms with van der Waals surface area (Å²) in [5, 5.41) is 9.60. The Bertz CT molecular complexity index is 538. The largest absolute Gasteiger partial charge is 0.494 e. The number of aliphatic hydroxyl groups is 1. The lowest BCUT2D eigenvalue weighted by molar-refractivity contribution is 0.0402. The SMILES string of the molecule is CCOc1ccccc1CN1CCN(C2CSCCSC2)C[C@H]1CCO. The quantitative estimate of drug-likeness (QED) is 0.764. The van der Waals surface area contributed by atoms with Gasteiger partial charge in [-0.05, 0) is 19.4 Å². The molecule has 3 rings (SSSR count). The van der Waals surface area contributed by atoms with Crippen molar-refractivity contribution >= 4 is 23.5 Å². The van der Waals surface area contributed by atoms with Crippen LogP contribution in [0.3, 0.4) is 0 Å². The molecule has 2 aliphatic rings. The average molecular weight is 397 g/mol. The lowest BCUT2D eigenvalue weighted by atomic mass is 10.1. The summed E-state index contributed by atoms with van der Waals surface area (Å²) in [5.41, 5.74) is 1.26. The maximum atomic E-state index is 9.60. The van der Waals surface area contributed by atoms with Crippen LogP contribution in [-0.2, 0) is 6.54 Å². The van der Waals surface area contributed by atoms with Crippen LogP contribution >= 0.6 is 23.5 Å². The zero-order valence-corrected chi connectivity index (χ0v) is 17.4. The summed E-state index contributed by atoms with van der Waals surface area (Å²) in [7, 11) is 0. The van der Waals surface area contributed by atoms with E-state index < -0.39 is 0 Å². The highest BCUT2D eigenvalue weighted by Gasteiger charge is 2.31. The molecule has 2 fully saturated rings. The predicted molar refractivity (Wildman–Crippen MR) is 114 cm³/mol. The van der Waals surface area contributed by atoms with E-state index in [1.54, 1.807) is 0 Å². The number of thioether (sulfide) groups is 2. The average Bonchev–Trinajstić information content (AvgIpc) is 2.94. The number of hydrogen-bond acceptors (Lipinski definition) is 6. The summed E-state index contributed by atoms with van der Waals surface area (Å²) in [5.74, 6) is 6.08. The van der Waals surface area contributed by atoms with E-state index in [1.165, 1.54) is 28.6 Å². The van der Waals surface area contributed by atoms with E-state index in [-0.39, 0.29) is 6.61 Å². The lowest BCUT2D eigenvalue weighted by Gasteiger charge is -2.44. The Kier molecular flexibility index (Phi) is 8.46. The molecular formula is C20H32N2O2S2. The molecule has 4 nitrogen and oxygen atoms in total. The van der Waals surface area contributed by atoms with Crippen molar-refractivity contribution in [2.24, 2.45) is 0 Å². The molecule has 146 valence electrons. The second-order valence-electron chi connectivity index (χ2n) is 6.98. The molecule has 0 unspecified atom stereocenters. The van der Waals surface area contributed by atoms with E-state index >= 15 is 0 Å². The minimum atomic E-state index is 0.260. The molecule has 2 heterocycles. The number of para-hydroxylation sites is 1. The molecule has 0 saturated carbocycles. The van der Waals surface area contributed by atoms with Gasteiger partial charge in [-0.15, -0.1) is 0 Å². The van der Waals surface area contributed by atoms with E-state index in [9.17, 15) is 5.11 Å². The summed E-state index contributed by atoms with van der Waals surface area (Å²) in [4.78, 5) is 5.22. The summed E-state index contributed by atoms with van der Waals surface area (Å²) < 4.78 is 5.81. The third kappa shape index (κ3) is 5.55. The van der Waals surface area contributed by atoms with Crippen molar-refractivity contribution in [3.05, 3.63) is 29.8 Å². The van der Waals surface area contributed by atoms with E-state index in [0.717, 1.165) is 38.3 Å². The van der Waals surface area contributed by atoms with E-state index in [2.05, 4.69) is 51.5 Å². The minimum absolute atomic E-state index is 0.260. The third-order valence-electron chi connectivity index (χ3n) is 5.25. The zero-order chi connectivity index (χ0) is 18.2. The predicted octanol–water partition coefficient (Wildman–Crippen LogP) is 2.80. The first-order valence-electron chi connectivity index (χ1n) is 9.77. The van der Waals surface area contributed by atoms with Crippen LogP contribution < -0.4 is 4.74 Å². The number of piperazine rings is 1. The number of hydrogen-bond donors (Lipinski definition) is 1. The monoisotopic (exact) mass is 396 g/mol. The van der Waals surface area contributed by atoms with Crippen molar-refractivity contribution in [1.29, 1.82) is 0 Å². The number of nitrogens with zero attached hydrogens (tertiary/aromatic N) is 2. The van der Waals surface area contributed by atoms with Crippen LogP contribution in [0.25, 0.3) is 0 Å². The molecule has 1 atom stereocenters. The second-order valence-corrected chi connectivity index (χ2v) is 9.28. The third-order valence-corrected chi connectivity index (χ3v) is 7.74. The number of benzene rings is 1. The van der Waals surface area contributed by atoms with Crippen molar-refractivity contribution < 1.29 is 9.84 Å². The number of ether oxygens (including phenoxy) is 1. The summed E-state index contributed by atoms with van der Waals surface area (Å²) in [6.45, 7) is 7.17. The van der Waals surface area contributed by atoms with Gasteiger partial charge in [-0.2, -0.15) is 23.5 Å². The Labute approximate surface area is 166 Å². The fourth-order valence-electron chi connectivity index (χ4n) is 3.84. The molecule has 0 radical (unpaired) electrons. The summed E-state index contributed by atoms with van der Waals surface area (Å²) >= 11 is 4.20. The van der Waals surface area contributed by atoms with Crippen LogP contribution in [0.15, 0.2) is 24.3 Å². The van der Waals surface area contributed by atoms with E-state index in [4.69, 9.17) is 4.74 Å². The van der Waals surface area contributed by atoms with Crippen LogP contribution in [-0.4, -0.2) is 82.8 Å². The Morgan fingerprint density at radius 2 is 1.92 bits per heavy atom. The Hall–Kier alpha value is -0.400. The highest BCUT2D eigenvalue weighted by molar-refractivity contribution is 8.03. The zero-order valence-electron chi connectivity index (χ0n) is 15.8. The molecular weight excluding hydrogens is 364 g/mol. The molecule has 0 bridgehead atoms. The van der Waals surface area contributed by atoms with Gasteiger partial charge in [0.1, 0.15) is 5.75 Å². The van der Waals surface area contributed by atoms with Gasteiger partial charge in [0.05, 0.1) is 6.61 Å². The first-order chi connectivity index (χ1) is 12.8. The van der Waals surface area contributed by atoms with Gasteiger partial charge in [0.15, 0.2) is 0 Å². The first-order valence-corrected chi connectivity index (χ1v) is 12.1. The fourth-order valence-corrected chi connectivity index (χ4v) is 6.47. The van der Waals surface area contributed by atoms with Crippen LogP contribution in [0, 0.1) is 0 Å². The Morgan fingerprint density at radius 1 is 1.15 bits per heavy atom. The summed E-state index contributed by atoms with van der Waals surface area (Å²) in [6.07, 6.45) is 0.848. The Balaban J connectivity index is 1.65. The van der Waals surface area contributed by atoms with Gasteiger partial charge in [-0.25, -0.2) is 0 Å². The molecule has 2 saturated heterocycles. The van der Waals surface area contributed by atoms with Crippen LogP contribution in [0.5, 0.6) is 5.75 Å². The van der Waals surface area contributed by atoms with Crippen molar-refractivity contribution in [3.63, 3.8) is 0 Å². The first kappa shape index (κ1) is 20.3. The molecule has 2 aliphatic heterocycles. The molecule has 1 aromatic carbocycles. The molecule has 26 heavy (non-hydrogen) atoms. The molecule has 0 amide bonds. The van der Waals surface area contributed by atoms with Crippen LogP contribution in [0.2, 0.25) is 0 Å². The van der Waals surface area contributed by atoms with Gasteiger partial charge in [0.2, 0.25) is 0 Å². The highest BCUT2D eigenvalue weighted by atomic mass is 32.2. The van der Waals surface area contributed by atoms with Crippen LogP contribution in [0.4, 0.5) is 0 Å². The normalized spacial score (nSPS) is 23.7. The van der Waals surface area contributed by atoms with Gasteiger partial charge in [-0.1, -0.05) is 18.2 Å². The molecule has 6 heteroatoms. The molecule has 0 spiro atoms. The van der Waals surface area contributed by atoms with E-state index in [0.29, 0.717) is 18.7 Å². The number of rotatable bonds is 7. The van der Waals surface area contributed by atoms with Gasteiger partial charge in [-0.3, -0.25) is 9.80 Å². The van der Waals surface area contributed by atoms with Crippen molar-refractivity contribution in [2.45, 2.75) is 32.0 Å². The molecule has 0 aromatic heterocycles. The smallest absolute Gasteiger partial charge is 0.123 e. The topological polar surface area (TPSA) is 35.9 Å². The van der Waals surface area contributed by atoms with Crippen LogP contribution in [0.1, 0.15) is 18.9 Å². The van der Waals surface area contributed by atoms with Gasteiger partial charge >= 0.3 is 0 Å². The minimum Gasteiger partial charge on any atom is -0.494 e. The second kappa shape index (κ2) is 10.8. The standard InChI is InChI=1S/C20H32N2O2S2/c1-2-24-20-6-4-3-5-17(20)13-21-8-9-22(14-18(21)7-10-23)19-15-25-11-12-26-16-19/h3-6,18-19,23H,2,7-16H2,1H3/t18-/m1/s1. The van der Waals surface area contributed by atoms with Crippen molar-refractivity contribution in [2.75, 3.05) is 55.9 Å². The molecule has 1 aromatic rings. The molecule has 1 N–H and O–H groups in total. The summed E-state index contributed by atoms with van der Waals surface area (Å²) in [6, 6.07) is 9.48.